The van der Waals surface area contributed by atoms with E-state index in [-0.39, 0.29) is 29.7 Å². The molecule has 2 N–H and O–H groups in total. The Bertz CT molecular complexity index is 365. The summed E-state index contributed by atoms with van der Waals surface area (Å²) in [5.74, 6) is 0. The lowest BCUT2D eigenvalue weighted by Crippen LogP contribution is -2.21. The maximum Gasteiger partial charge on any atom is 0.274 e. The molecule has 0 amide bonds. The van der Waals surface area contributed by atoms with Gasteiger partial charge >= 0.3 is 0 Å². The van der Waals surface area contributed by atoms with Gasteiger partial charge in [-0.1, -0.05) is 0 Å². The van der Waals surface area contributed by atoms with Gasteiger partial charge in [-0.3, -0.25) is 4.79 Å². The minimum atomic E-state index is -0.871. The van der Waals surface area contributed by atoms with E-state index in [1.165, 1.54) is 10.6 Å². The van der Waals surface area contributed by atoms with Gasteiger partial charge in [0.1, 0.15) is 6.17 Å². The SMILES string of the molecule is Cl.Nc1cccn(C2CC2F)c1=O. The Kier molecular flexibility index (Phi) is 2.61. The quantitative estimate of drug-likeness (QED) is 0.746. The number of aromatic nitrogens is 1. The second-order valence-corrected chi connectivity index (χ2v) is 2.99. The first-order valence-electron chi connectivity index (χ1n) is 3.81. The lowest BCUT2D eigenvalue weighted by Gasteiger charge is -2.02. The minimum absolute atomic E-state index is 0. The van der Waals surface area contributed by atoms with E-state index < -0.39 is 6.17 Å². The van der Waals surface area contributed by atoms with Gasteiger partial charge in [0, 0.05) is 12.6 Å². The first-order valence-corrected chi connectivity index (χ1v) is 3.81. The summed E-state index contributed by atoms with van der Waals surface area (Å²) in [6.07, 6.45) is 1.14. The first kappa shape index (κ1) is 10.1. The molecule has 1 heterocycles. The largest absolute Gasteiger partial charge is 0.394 e. The van der Waals surface area contributed by atoms with E-state index in [1.807, 2.05) is 0 Å². The van der Waals surface area contributed by atoms with Gasteiger partial charge in [-0.05, 0) is 12.1 Å². The van der Waals surface area contributed by atoms with Crippen molar-refractivity contribution in [2.45, 2.75) is 18.6 Å². The second kappa shape index (κ2) is 3.38. The molecule has 0 spiro atoms. The van der Waals surface area contributed by atoms with Gasteiger partial charge in [0.05, 0.1) is 11.7 Å². The van der Waals surface area contributed by atoms with E-state index in [9.17, 15) is 9.18 Å². The summed E-state index contributed by atoms with van der Waals surface area (Å²) in [7, 11) is 0. The fourth-order valence-electron chi connectivity index (χ4n) is 1.23. The van der Waals surface area contributed by atoms with Crippen LogP contribution in [0, 0.1) is 0 Å². The predicted molar refractivity (Wildman–Crippen MR) is 50.9 cm³/mol. The molecule has 0 radical (unpaired) electrons. The maximum atomic E-state index is 12.6. The van der Waals surface area contributed by atoms with Crippen molar-refractivity contribution >= 4 is 18.1 Å². The van der Waals surface area contributed by atoms with Crippen molar-refractivity contribution < 1.29 is 4.39 Å². The van der Waals surface area contributed by atoms with Gasteiger partial charge < -0.3 is 10.3 Å². The Labute approximate surface area is 80.8 Å². The van der Waals surface area contributed by atoms with Crippen molar-refractivity contribution in [3.8, 4) is 0 Å². The number of hydrogen-bond donors (Lipinski definition) is 1. The number of pyridine rings is 1. The maximum absolute atomic E-state index is 12.6. The standard InChI is InChI=1S/C8H9FN2O.ClH/c9-5-4-7(5)11-3-1-2-6(10)8(11)12;/h1-3,5,7H,4,10H2;1H. The van der Waals surface area contributed by atoms with E-state index in [0.29, 0.717) is 6.42 Å². The fourth-order valence-corrected chi connectivity index (χ4v) is 1.23. The summed E-state index contributed by atoms with van der Waals surface area (Å²) in [4.78, 5) is 11.3. The zero-order chi connectivity index (χ0) is 8.72. The Balaban J connectivity index is 0.000000845. The van der Waals surface area contributed by atoms with Crippen LogP contribution in [0.25, 0.3) is 0 Å². The summed E-state index contributed by atoms with van der Waals surface area (Å²) in [5, 5.41) is 0. The van der Waals surface area contributed by atoms with Crippen LogP contribution in [0.4, 0.5) is 10.1 Å². The van der Waals surface area contributed by atoms with E-state index >= 15 is 0 Å². The highest BCUT2D eigenvalue weighted by Crippen LogP contribution is 2.37. The number of nitrogen functional groups attached to an aromatic ring is 1. The van der Waals surface area contributed by atoms with Gasteiger partial charge in [-0.2, -0.15) is 0 Å². The average molecular weight is 205 g/mol. The summed E-state index contributed by atoms with van der Waals surface area (Å²) < 4.78 is 13.9. The van der Waals surface area contributed by atoms with E-state index in [0.717, 1.165) is 0 Å². The Morgan fingerprint density at radius 2 is 2.23 bits per heavy atom. The van der Waals surface area contributed by atoms with Gasteiger partial charge in [0.15, 0.2) is 0 Å². The highest BCUT2D eigenvalue weighted by atomic mass is 35.5. The number of nitrogens with two attached hydrogens (primary N) is 1. The molecule has 2 rings (SSSR count). The molecule has 3 nitrogen and oxygen atoms in total. The summed E-state index contributed by atoms with van der Waals surface area (Å²) in [6, 6.07) is 2.90. The minimum Gasteiger partial charge on any atom is -0.394 e. The van der Waals surface area contributed by atoms with E-state index in [4.69, 9.17) is 5.73 Å². The average Bonchev–Trinajstić information content (AvgIpc) is 2.73. The van der Waals surface area contributed by atoms with Crippen LogP contribution >= 0.6 is 12.4 Å². The number of alkyl halides is 1. The number of halogens is 2. The van der Waals surface area contributed by atoms with Crippen LogP contribution < -0.4 is 11.3 Å². The van der Waals surface area contributed by atoms with Crippen LogP contribution in [0.5, 0.6) is 0 Å². The molecule has 2 atom stereocenters. The van der Waals surface area contributed by atoms with Gasteiger partial charge in [-0.25, -0.2) is 4.39 Å². The third kappa shape index (κ3) is 1.67. The van der Waals surface area contributed by atoms with Crippen LogP contribution in [0.2, 0.25) is 0 Å². The van der Waals surface area contributed by atoms with Crippen molar-refractivity contribution in [2.24, 2.45) is 0 Å². The molecular weight excluding hydrogens is 195 g/mol. The fraction of sp³-hybridized carbons (Fsp3) is 0.375. The number of nitrogens with zero attached hydrogens (tertiary/aromatic N) is 1. The highest BCUT2D eigenvalue weighted by Gasteiger charge is 2.39. The normalized spacial score (nSPS) is 25.0. The lowest BCUT2D eigenvalue weighted by atomic mass is 10.4. The second-order valence-electron chi connectivity index (χ2n) is 2.99. The molecular formula is C8H10ClFN2O. The number of hydrogen-bond acceptors (Lipinski definition) is 2. The highest BCUT2D eigenvalue weighted by molar-refractivity contribution is 5.85. The number of rotatable bonds is 1. The van der Waals surface area contributed by atoms with E-state index in [1.54, 1.807) is 12.3 Å². The Morgan fingerprint density at radius 1 is 1.62 bits per heavy atom. The lowest BCUT2D eigenvalue weighted by molar-refractivity contribution is 0.438. The topological polar surface area (TPSA) is 48.0 Å². The Hall–Kier alpha value is -1.03. The van der Waals surface area contributed by atoms with Crippen molar-refractivity contribution in [1.29, 1.82) is 0 Å². The molecule has 0 bridgehead atoms. The third-order valence-corrected chi connectivity index (χ3v) is 2.04. The molecule has 1 aliphatic rings. The van der Waals surface area contributed by atoms with Crippen molar-refractivity contribution in [2.75, 3.05) is 5.73 Å². The van der Waals surface area contributed by atoms with Crippen LogP contribution in [-0.4, -0.2) is 10.7 Å². The molecule has 0 saturated heterocycles. The molecule has 1 aromatic heterocycles. The molecule has 1 aromatic rings. The van der Waals surface area contributed by atoms with Crippen molar-refractivity contribution in [3.63, 3.8) is 0 Å². The van der Waals surface area contributed by atoms with E-state index in [2.05, 4.69) is 0 Å². The summed E-state index contributed by atoms with van der Waals surface area (Å²) in [6.45, 7) is 0. The monoisotopic (exact) mass is 204 g/mol. The smallest absolute Gasteiger partial charge is 0.274 e. The molecule has 1 saturated carbocycles. The summed E-state index contributed by atoms with van der Waals surface area (Å²) >= 11 is 0. The van der Waals surface area contributed by atoms with Gasteiger partial charge in [0.2, 0.25) is 0 Å². The Morgan fingerprint density at radius 3 is 2.77 bits per heavy atom. The molecule has 13 heavy (non-hydrogen) atoms. The van der Waals surface area contributed by atoms with Crippen LogP contribution in [0.15, 0.2) is 23.1 Å². The number of anilines is 1. The van der Waals surface area contributed by atoms with Gasteiger partial charge in [0.25, 0.3) is 5.56 Å². The van der Waals surface area contributed by atoms with Crippen LogP contribution in [-0.2, 0) is 0 Å². The molecule has 1 fully saturated rings. The van der Waals surface area contributed by atoms with Crippen LogP contribution in [0.1, 0.15) is 12.5 Å². The van der Waals surface area contributed by atoms with Crippen molar-refractivity contribution in [1.82, 2.24) is 4.57 Å². The van der Waals surface area contributed by atoms with Gasteiger partial charge in [-0.15, -0.1) is 12.4 Å². The van der Waals surface area contributed by atoms with Crippen molar-refractivity contribution in [3.05, 3.63) is 28.7 Å². The molecule has 5 heteroatoms. The zero-order valence-electron chi connectivity index (χ0n) is 6.81. The van der Waals surface area contributed by atoms with Crippen LogP contribution in [0.3, 0.4) is 0 Å². The molecule has 0 aliphatic heterocycles. The third-order valence-electron chi connectivity index (χ3n) is 2.04. The molecule has 2 unspecified atom stereocenters. The molecule has 72 valence electrons. The molecule has 1 aliphatic carbocycles. The predicted octanol–water partition coefficient (Wildman–Crippen LogP) is 1.14. The first-order chi connectivity index (χ1) is 5.70. The zero-order valence-corrected chi connectivity index (χ0v) is 7.63. The molecule has 0 aromatic carbocycles. The summed E-state index contributed by atoms with van der Waals surface area (Å²) in [5.41, 5.74) is 5.26.